The molecule has 0 aromatic heterocycles. The van der Waals surface area contributed by atoms with Crippen LogP contribution < -0.4 is 9.80 Å². The molecule has 0 spiro atoms. The minimum Gasteiger partial charge on any atom is -0.331 e. The fourth-order valence-electron chi connectivity index (χ4n) is 7.51. The van der Waals surface area contributed by atoms with Crippen molar-refractivity contribution in [3.63, 3.8) is 0 Å². The quantitative estimate of drug-likeness (QED) is 0.137. The van der Waals surface area contributed by atoms with E-state index in [1.54, 1.807) is 0 Å². The molecule has 50 heavy (non-hydrogen) atoms. The Balaban J connectivity index is 1.35. The van der Waals surface area contributed by atoms with Gasteiger partial charge in [-0.1, -0.05) is 131 Å². The van der Waals surface area contributed by atoms with Crippen molar-refractivity contribution in [3.05, 3.63) is 175 Å². The highest BCUT2D eigenvalue weighted by atomic mass is 15.2. The third-order valence-corrected chi connectivity index (χ3v) is 11.3. The molecule has 250 valence electrons. The average molecular weight is 653 g/mol. The van der Waals surface area contributed by atoms with E-state index in [1.165, 1.54) is 38.4 Å². The SMILES string of the molecule is CCC(C)(CC)c1ccc(C(C)(CC)N(c2ccc(N(c3ccccc3)c3ccc4ccccc4c3)cc2)c2ccc3ccccc3c2)cc1. The Hall–Kier alpha value is -5.34. The van der Waals surface area contributed by atoms with E-state index in [1.807, 2.05) is 0 Å². The van der Waals surface area contributed by atoms with E-state index in [9.17, 15) is 0 Å². The van der Waals surface area contributed by atoms with Crippen LogP contribution in [0.5, 0.6) is 0 Å². The predicted molar refractivity (Wildman–Crippen MR) is 217 cm³/mol. The van der Waals surface area contributed by atoms with Crippen molar-refractivity contribution in [2.75, 3.05) is 9.80 Å². The van der Waals surface area contributed by atoms with Gasteiger partial charge in [-0.05, 0) is 125 Å². The lowest BCUT2D eigenvalue weighted by atomic mass is 9.76. The highest BCUT2D eigenvalue weighted by Crippen LogP contribution is 2.45. The van der Waals surface area contributed by atoms with Gasteiger partial charge in [0.15, 0.2) is 0 Å². The van der Waals surface area contributed by atoms with E-state index in [0.717, 1.165) is 42.0 Å². The van der Waals surface area contributed by atoms with Gasteiger partial charge in [0, 0.05) is 28.4 Å². The number of nitrogens with zero attached hydrogens (tertiary/aromatic N) is 2. The zero-order chi connectivity index (χ0) is 34.7. The second-order valence-corrected chi connectivity index (χ2v) is 14.1. The van der Waals surface area contributed by atoms with Crippen molar-refractivity contribution in [2.24, 2.45) is 0 Å². The molecule has 0 saturated heterocycles. The van der Waals surface area contributed by atoms with E-state index in [0.29, 0.717) is 0 Å². The number of benzene rings is 7. The molecule has 0 aliphatic heterocycles. The van der Waals surface area contributed by atoms with Crippen LogP contribution in [-0.4, -0.2) is 0 Å². The number of anilines is 5. The molecule has 1 atom stereocenters. The first-order chi connectivity index (χ1) is 24.4. The van der Waals surface area contributed by atoms with Crippen LogP contribution >= 0.6 is 0 Å². The maximum Gasteiger partial charge on any atom is 0.0671 e. The van der Waals surface area contributed by atoms with Crippen molar-refractivity contribution in [3.8, 4) is 0 Å². The lowest BCUT2D eigenvalue weighted by Crippen LogP contribution is -2.40. The smallest absolute Gasteiger partial charge is 0.0671 e. The molecule has 7 aromatic rings. The van der Waals surface area contributed by atoms with Gasteiger partial charge in [-0.2, -0.15) is 0 Å². The molecule has 0 saturated carbocycles. The summed E-state index contributed by atoms with van der Waals surface area (Å²) < 4.78 is 0. The molecule has 0 aliphatic rings. The second-order valence-electron chi connectivity index (χ2n) is 14.1. The van der Waals surface area contributed by atoms with Gasteiger partial charge in [-0.3, -0.25) is 0 Å². The molecular formula is C48H48N2. The third-order valence-electron chi connectivity index (χ3n) is 11.3. The first-order valence-electron chi connectivity index (χ1n) is 18.2. The van der Waals surface area contributed by atoms with Gasteiger partial charge in [0.05, 0.1) is 5.54 Å². The van der Waals surface area contributed by atoms with Gasteiger partial charge >= 0.3 is 0 Å². The van der Waals surface area contributed by atoms with E-state index < -0.39 is 0 Å². The van der Waals surface area contributed by atoms with Gasteiger partial charge in [-0.25, -0.2) is 0 Å². The average Bonchev–Trinajstić information content (AvgIpc) is 3.18. The number of hydrogen-bond donors (Lipinski definition) is 0. The standard InChI is InChI=1S/C48H48N2/c1-6-47(4,7-2)40-24-26-41(27-25-40)48(5,8-3)50(46-29-23-37-17-13-15-19-39(37)35-46)44-32-30-43(31-33-44)49(42-20-10-9-11-21-42)45-28-22-36-16-12-14-18-38(36)34-45/h9-35H,6-8H2,1-5H3. The summed E-state index contributed by atoms with van der Waals surface area (Å²) in [4.78, 5) is 4.91. The number of hydrogen-bond acceptors (Lipinski definition) is 2. The summed E-state index contributed by atoms with van der Waals surface area (Å²) in [6, 6.07) is 60.2. The Bertz CT molecular complexity index is 2200. The monoisotopic (exact) mass is 652 g/mol. The molecular weight excluding hydrogens is 605 g/mol. The zero-order valence-corrected chi connectivity index (χ0v) is 30.1. The van der Waals surface area contributed by atoms with E-state index in [2.05, 4.69) is 208 Å². The summed E-state index contributed by atoms with van der Waals surface area (Å²) in [6.45, 7) is 11.7. The Morgan fingerprint density at radius 1 is 0.380 bits per heavy atom. The summed E-state index contributed by atoms with van der Waals surface area (Å²) in [5.74, 6) is 0. The minimum absolute atomic E-state index is 0.185. The summed E-state index contributed by atoms with van der Waals surface area (Å²) in [5, 5.41) is 4.97. The molecule has 0 radical (unpaired) electrons. The Labute approximate surface area is 298 Å². The van der Waals surface area contributed by atoms with Crippen LogP contribution in [0.3, 0.4) is 0 Å². The highest BCUT2D eigenvalue weighted by Gasteiger charge is 2.35. The van der Waals surface area contributed by atoms with Crippen LogP contribution in [-0.2, 0) is 11.0 Å². The van der Waals surface area contributed by atoms with E-state index in [4.69, 9.17) is 0 Å². The zero-order valence-electron chi connectivity index (χ0n) is 30.1. The molecule has 0 heterocycles. The van der Waals surface area contributed by atoms with Crippen molar-refractivity contribution in [1.29, 1.82) is 0 Å². The molecule has 0 fully saturated rings. The third kappa shape index (κ3) is 6.16. The fraction of sp³-hybridized carbons (Fsp3) is 0.208. The number of para-hydroxylation sites is 1. The largest absolute Gasteiger partial charge is 0.331 e. The van der Waals surface area contributed by atoms with Crippen molar-refractivity contribution >= 4 is 50.0 Å². The Morgan fingerprint density at radius 2 is 0.820 bits per heavy atom. The van der Waals surface area contributed by atoms with Crippen LogP contribution in [0.1, 0.15) is 65.0 Å². The summed E-state index contributed by atoms with van der Waals surface area (Å²) >= 11 is 0. The van der Waals surface area contributed by atoms with Gasteiger partial charge in [0.2, 0.25) is 0 Å². The van der Waals surface area contributed by atoms with Crippen LogP contribution in [0.2, 0.25) is 0 Å². The van der Waals surface area contributed by atoms with Crippen molar-refractivity contribution in [1.82, 2.24) is 0 Å². The van der Waals surface area contributed by atoms with Gasteiger partial charge in [0.1, 0.15) is 0 Å². The number of fused-ring (bicyclic) bond motifs is 2. The molecule has 0 aliphatic carbocycles. The second kappa shape index (κ2) is 13.9. The first-order valence-corrected chi connectivity index (χ1v) is 18.2. The molecule has 0 amide bonds. The topological polar surface area (TPSA) is 6.48 Å². The number of rotatable bonds is 11. The van der Waals surface area contributed by atoms with Gasteiger partial charge in [-0.15, -0.1) is 0 Å². The maximum absolute atomic E-state index is 2.56. The maximum atomic E-state index is 2.56. The lowest BCUT2D eigenvalue weighted by molar-refractivity contribution is 0.436. The molecule has 7 rings (SSSR count). The van der Waals surface area contributed by atoms with E-state index in [-0.39, 0.29) is 11.0 Å². The van der Waals surface area contributed by atoms with Crippen LogP contribution in [0.25, 0.3) is 21.5 Å². The highest BCUT2D eigenvalue weighted by molar-refractivity contribution is 5.90. The van der Waals surface area contributed by atoms with Crippen molar-refractivity contribution in [2.45, 2.75) is 64.8 Å². The normalized spacial score (nSPS) is 12.9. The molecule has 0 N–H and O–H groups in total. The molecule has 2 nitrogen and oxygen atoms in total. The minimum atomic E-state index is -0.297. The fourth-order valence-corrected chi connectivity index (χ4v) is 7.51. The van der Waals surface area contributed by atoms with Crippen LogP contribution in [0.4, 0.5) is 28.4 Å². The summed E-state index contributed by atoms with van der Waals surface area (Å²) in [6.07, 6.45) is 3.19. The summed E-state index contributed by atoms with van der Waals surface area (Å²) in [7, 11) is 0. The molecule has 1 unspecified atom stereocenters. The van der Waals surface area contributed by atoms with Gasteiger partial charge < -0.3 is 9.80 Å². The lowest BCUT2D eigenvalue weighted by Gasteiger charge is -2.44. The molecule has 0 bridgehead atoms. The summed E-state index contributed by atoms with van der Waals surface area (Å²) in [5.41, 5.74) is 8.36. The first kappa shape index (κ1) is 33.2. The van der Waals surface area contributed by atoms with Crippen LogP contribution in [0, 0.1) is 0 Å². The van der Waals surface area contributed by atoms with Crippen molar-refractivity contribution < 1.29 is 0 Å². The van der Waals surface area contributed by atoms with E-state index >= 15 is 0 Å². The van der Waals surface area contributed by atoms with Gasteiger partial charge in [0.25, 0.3) is 0 Å². The molecule has 2 heteroatoms. The van der Waals surface area contributed by atoms with Crippen LogP contribution in [0.15, 0.2) is 164 Å². The Morgan fingerprint density at radius 3 is 1.38 bits per heavy atom. The molecule has 7 aromatic carbocycles. The Kier molecular flexibility index (Phi) is 9.21. The predicted octanol–water partition coefficient (Wildman–Crippen LogP) is 14.0.